The maximum atomic E-state index is 2.54. The van der Waals surface area contributed by atoms with E-state index < -0.39 is 7.26 Å². The van der Waals surface area contributed by atoms with Crippen LogP contribution in [0.15, 0.2) is 45.6 Å². The molecular formula is C24H45P. The molecule has 0 amide bonds. The zero-order chi connectivity index (χ0) is 19.3. The predicted octanol–water partition coefficient (Wildman–Crippen LogP) is 9.55. The summed E-state index contributed by atoms with van der Waals surface area (Å²) in [4.78, 5) is 0. The van der Waals surface area contributed by atoms with E-state index in [0.717, 1.165) is 0 Å². The van der Waals surface area contributed by atoms with Crippen LogP contribution in [0, 0.1) is 0 Å². The van der Waals surface area contributed by atoms with Crippen LogP contribution in [0.1, 0.15) is 107 Å². The number of rotatable bonds is 12. The Kier molecular flexibility index (Phi) is 13.2. The van der Waals surface area contributed by atoms with E-state index in [1.54, 1.807) is 21.3 Å². The van der Waals surface area contributed by atoms with Crippen molar-refractivity contribution in [2.24, 2.45) is 0 Å². The fraction of sp³-hybridized carbons (Fsp3) is 0.667. The van der Waals surface area contributed by atoms with Gasteiger partial charge in [-0.3, -0.25) is 0 Å². The summed E-state index contributed by atoms with van der Waals surface area (Å²) in [6.07, 6.45) is 19.9. The van der Waals surface area contributed by atoms with Crippen molar-refractivity contribution in [3.05, 3.63) is 45.6 Å². The molecule has 0 heterocycles. The summed E-state index contributed by atoms with van der Waals surface area (Å²) in [5.74, 6) is 0. The van der Waals surface area contributed by atoms with Gasteiger partial charge in [0.1, 0.15) is 0 Å². The van der Waals surface area contributed by atoms with E-state index in [1.165, 1.54) is 51.4 Å². The van der Waals surface area contributed by atoms with Gasteiger partial charge < -0.3 is 0 Å². The van der Waals surface area contributed by atoms with Crippen LogP contribution in [0.25, 0.3) is 0 Å². The van der Waals surface area contributed by atoms with E-state index in [-0.39, 0.29) is 0 Å². The van der Waals surface area contributed by atoms with Crippen molar-refractivity contribution >= 4 is 7.26 Å². The third kappa shape index (κ3) is 6.90. The maximum absolute atomic E-state index is 2.54. The third-order valence-corrected chi connectivity index (χ3v) is 10.9. The van der Waals surface area contributed by atoms with E-state index in [4.69, 9.17) is 0 Å². The number of unbranched alkanes of at least 4 members (excludes halogenated alkanes) is 4. The van der Waals surface area contributed by atoms with Crippen molar-refractivity contribution in [3.8, 4) is 0 Å². The zero-order valence-electron chi connectivity index (χ0n) is 18.5. The summed E-state index contributed by atoms with van der Waals surface area (Å²) in [7, 11) is -1.91. The van der Waals surface area contributed by atoms with Gasteiger partial charge in [0.05, 0.1) is 0 Å². The van der Waals surface area contributed by atoms with Crippen LogP contribution < -0.4 is 0 Å². The van der Waals surface area contributed by atoms with Gasteiger partial charge in [-0.25, -0.2) is 0 Å². The van der Waals surface area contributed by atoms with E-state index >= 15 is 0 Å². The monoisotopic (exact) mass is 364 g/mol. The molecule has 0 nitrogen and oxygen atoms in total. The van der Waals surface area contributed by atoms with E-state index in [2.05, 4.69) is 79.7 Å². The van der Waals surface area contributed by atoms with Crippen LogP contribution in [-0.2, 0) is 0 Å². The Morgan fingerprint density at radius 1 is 0.480 bits per heavy atom. The molecule has 0 bridgehead atoms. The molecule has 0 aromatic carbocycles. The van der Waals surface area contributed by atoms with Gasteiger partial charge in [-0.15, -0.1) is 0 Å². The second-order valence-electron chi connectivity index (χ2n) is 7.45. The minimum absolute atomic E-state index is 1.20. The van der Waals surface area contributed by atoms with Crippen LogP contribution in [0.4, 0.5) is 0 Å². The van der Waals surface area contributed by atoms with Crippen LogP contribution in [0.5, 0.6) is 0 Å². The summed E-state index contributed by atoms with van der Waals surface area (Å²) in [6.45, 7) is 18.8. The molecule has 146 valence electrons. The molecule has 0 aromatic rings. The molecule has 0 rings (SSSR count). The quantitative estimate of drug-likeness (QED) is 0.302. The molecule has 0 unspecified atom stereocenters. The zero-order valence-corrected chi connectivity index (χ0v) is 19.5. The van der Waals surface area contributed by atoms with Gasteiger partial charge in [0, 0.05) is 0 Å². The van der Waals surface area contributed by atoms with Gasteiger partial charge in [-0.1, -0.05) is 0 Å². The van der Waals surface area contributed by atoms with Gasteiger partial charge in [-0.2, -0.15) is 0 Å². The second-order valence-corrected chi connectivity index (χ2v) is 12.1. The average molecular weight is 365 g/mol. The Balaban J connectivity index is 6.50. The summed E-state index contributed by atoms with van der Waals surface area (Å²) >= 11 is 0. The first-order chi connectivity index (χ1) is 11.9. The summed E-state index contributed by atoms with van der Waals surface area (Å²) in [5, 5.41) is 6.59. The predicted molar refractivity (Wildman–Crippen MR) is 123 cm³/mol. The summed E-state index contributed by atoms with van der Waals surface area (Å²) in [5.41, 5.74) is 0. The molecule has 0 aliphatic rings. The first kappa shape index (κ1) is 24.4. The molecule has 0 aliphatic carbocycles. The van der Waals surface area contributed by atoms with Gasteiger partial charge in [0.15, 0.2) is 0 Å². The normalized spacial score (nSPS) is 15.7. The fourth-order valence-electron chi connectivity index (χ4n) is 3.92. The van der Waals surface area contributed by atoms with Gasteiger partial charge in [0.25, 0.3) is 0 Å². The summed E-state index contributed by atoms with van der Waals surface area (Å²) in [6, 6.07) is 0. The van der Waals surface area contributed by atoms with Crippen molar-refractivity contribution in [1.82, 2.24) is 0 Å². The SMILES string of the molecule is CCC/C=C(/C)[PH](/C(C)=C\CCC)(/C(C)=C\CCC)/C(C)=C\CCC. The van der Waals surface area contributed by atoms with Crippen molar-refractivity contribution in [1.29, 1.82) is 0 Å². The Labute approximate surface area is 159 Å². The topological polar surface area (TPSA) is 0 Å². The Bertz CT molecular complexity index is 395. The van der Waals surface area contributed by atoms with Gasteiger partial charge in [-0.05, 0) is 0 Å². The number of hydrogen-bond donors (Lipinski definition) is 0. The van der Waals surface area contributed by atoms with Crippen LogP contribution in [0.3, 0.4) is 0 Å². The molecule has 25 heavy (non-hydrogen) atoms. The molecular weight excluding hydrogens is 319 g/mol. The summed E-state index contributed by atoms with van der Waals surface area (Å²) < 4.78 is 0. The first-order valence-corrected chi connectivity index (χ1v) is 12.6. The van der Waals surface area contributed by atoms with Crippen LogP contribution in [0.2, 0.25) is 0 Å². The Morgan fingerprint density at radius 3 is 0.840 bits per heavy atom. The molecule has 0 fully saturated rings. The molecule has 1 heteroatoms. The Morgan fingerprint density at radius 2 is 0.680 bits per heavy atom. The molecule has 0 saturated carbocycles. The number of hydrogen-bond acceptors (Lipinski definition) is 0. The molecule has 0 aliphatic heterocycles. The van der Waals surface area contributed by atoms with E-state index in [9.17, 15) is 0 Å². The number of allylic oxidation sites excluding steroid dienone is 8. The van der Waals surface area contributed by atoms with Crippen molar-refractivity contribution in [2.75, 3.05) is 0 Å². The second kappa shape index (κ2) is 13.6. The van der Waals surface area contributed by atoms with Crippen molar-refractivity contribution < 1.29 is 0 Å². The van der Waals surface area contributed by atoms with E-state index in [0.29, 0.717) is 0 Å². The van der Waals surface area contributed by atoms with Crippen molar-refractivity contribution in [3.63, 3.8) is 0 Å². The molecule has 0 spiro atoms. The van der Waals surface area contributed by atoms with Gasteiger partial charge in [0.2, 0.25) is 0 Å². The first-order valence-electron chi connectivity index (χ1n) is 10.6. The van der Waals surface area contributed by atoms with E-state index in [1.807, 2.05) is 0 Å². The molecule has 0 radical (unpaired) electrons. The fourth-order valence-corrected chi connectivity index (χ4v) is 9.46. The molecule has 0 saturated heterocycles. The minimum atomic E-state index is -1.91. The molecule has 0 N–H and O–H groups in total. The van der Waals surface area contributed by atoms with Crippen LogP contribution >= 0.6 is 7.26 Å². The third-order valence-electron chi connectivity index (χ3n) is 5.32. The average Bonchev–Trinajstić information content (AvgIpc) is 2.61. The molecule has 0 aromatic heterocycles. The van der Waals surface area contributed by atoms with Gasteiger partial charge >= 0.3 is 160 Å². The Hall–Kier alpha value is -0.610. The molecule has 0 atom stereocenters. The van der Waals surface area contributed by atoms with Crippen LogP contribution in [-0.4, -0.2) is 0 Å². The standard InChI is InChI=1S/C24H45P/c1-9-13-17-21(5)25(22(6)18-14-10-2,23(7)19-15-11-3)24(8)20-16-12-4/h17-20,25H,9-16H2,1-8H3/b21-17-,22-18-,23-19-,24-20-. The van der Waals surface area contributed by atoms with Crippen molar-refractivity contribution in [2.45, 2.75) is 107 Å².